The summed E-state index contributed by atoms with van der Waals surface area (Å²) in [5.74, 6) is -0.178. The van der Waals surface area contributed by atoms with E-state index in [2.05, 4.69) is 10.1 Å². The molecule has 2 aromatic heterocycles. The van der Waals surface area contributed by atoms with Crippen molar-refractivity contribution in [2.24, 2.45) is 0 Å². The molecule has 0 aliphatic carbocycles. The van der Waals surface area contributed by atoms with Crippen molar-refractivity contribution in [1.82, 2.24) is 19.7 Å². The summed E-state index contributed by atoms with van der Waals surface area (Å²) in [6.45, 7) is 5.81. The zero-order valence-electron chi connectivity index (χ0n) is 14.7. The lowest BCUT2D eigenvalue weighted by Gasteiger charge is -2.24. The summed E-state index contributed by atoms with van der Waals surface area (Å²) in [4.78, 5) is 32.4. The van der Waals surface area contributed by atoms with E-state index in [-0.39, 0.29) is 24.1 Å². The second-order valence-corrected chi connectivity index (χ2v) is 7.46. The molecule has 0 aliphatic rings. The van der Waals surface area contributed by atoms with Crippen LogP contribution in [0.25, 0.3) is 10.8 Å². The van der Waals surface area contributed by atoms with Crippen LogP contribution in [0.15, 0.2) is 35.3 Å². The fourth-order valence-electron chi connectivity index (χ4n) is 2.81. The van der Waals surface area contributed by atoms with Gasteiger partial charge in [0, 0.05) is 17.3 Å². The van der Waals surface area contributed by atoms with E-state index in [4.69, 9.17) is 0 Å². The molecule has 0 saturated carbocycles. The number of rotatable bonds is 4. The number of carbonyl (C=O) groups is 1. The van der Waals surface area contributed by atoms with Crippen LogP contribution in [0.3, 0.4) is 0 Å². The van der Waals surface area contributed by atoms with Gasteiger partial charge < -0.3 is 4.90 Å². The summed E-state index contributed by atoms with van der Waals surface area (Å²) in [5.41, 5.74) is 0.644. The molecule has 0 radical (unpaired) electrons. The maximum absolute atomic E-state index is 12.6. The summed E-state index contributed by atoms with van der Waals surface area (Å²) in [5, 5.41) is 6.44. The van der Waals surface area contributed by atoms with E-state index in [9.17, 15) is 9.59 Å². The molecule has 3 aromatic rings. The van der Waals surface area contributed by atoms with Crippen LogP contribution in [0.4, 0.5) is 0 Å². The van der Waals surface area contributed by atoms with Crippen molar-refractivity contribution in [3.05, 3.63) is 56.4 Å². The summed E-state index contributed by atoms with van der Waals surface area (Å²) in [6, 6.07) is 7.07. The summed E-state index contributed by atoms with van der Waals surface area (Å²) < 4.78 is 1.22. The molecule has 0 aliphatic heterocycles. The fraction of sp³-hybridized carbons (Fsp3) is 0.333. The number of fused-ring (bicyclic) bond motifs is 1. The van der Waals surface area contributed by atoms with Crippen LogP contribution in [0, 0.1) is 13.8 Å². The molecule has 0 spiro atoms. The molecule has 0 bridgehead atoms. The molecule has 130 valence electrons. The number of aromatic nitrogens is 3. The Morgan fingerprint density at radius 2 is 2.04 bits per heavy atom. The Morgan fingerprint density at radius 1 is 1.32 bits per heavy atom. The molecular formula is C18H20N4O2S. The predicted octanol–water partition coefficient (Wildman–Crippen LogP) is 2.69. The Balaban J connectivity index is 1.83. The lowest BCUT2D eigenvalue weighted by atomic mass is 10.2. The van der Waals surface area contributed by atoms with Crippen molar-refractivity contribution < 1.29 is 4.79 Å². The molecule has 6 nitrogen and oxygen atoms in total. The minimum Gasteiger partial charge on any atom is -0.336 e. The first-order valence-corrected chi connectivity index (χ1v) is 8.84. The average Bonchev–Trinajstić information content (AvgIpc) is 2.94. The molecule has 1 atom stereocenters. The third-order valence-electron chi connectivity index (χ3n) is 4.36. The van der Waals surface area contributed by atoms with Crippen LogP contribution in [-0.4, -0.2) is 32.6 Å². The first kappa shape index (κ1) is 17.3. The zero-order valence-corrected chi connectivity index (χ0v) is 15.5. The van der Waals surface area contributed by atoms with E-state index in [1.165, 1.54) is 4.68 Å². The number of thiazole rings is 1. The maximum Gasteiger partial charge on any atom is 0.275 e. The Hall–Kier alpha value is -2.54. The number of hydrogen-bond donors (Lipinski definition) is 0. The van der Waals surface area contributed by atoms with Crippen molar-refractivity contribution in [1.29, 1.82) is 0 Å². The van der Waals surface area contributed by atoms with Crippen molar-refractivity contribution in [3.8, 4) is 0 Å². The predicted molar refractivity (Wildman–Crippen MR) is 98.8 cm³/mol. The Morgan fingerprint density at radius 3 is 2.72 bits per heavy atom. The third-order valence-corrected chi connectivity index (χ3v) is 5.26. The molecule has 1 amide bonds. The minimum absolute atomic E-state index is 0.0906. The van der Waals surface area contributed by atoms with Crippen molar-refractivity contribution in [3.63, 3.8) is 0 Å². The smallest absolute Gasteiger partial charge is 0.275 e. The van der Waals surface area contributed by atoms with Gasteiger partial charge in [-0.25, -0.2) is 9.67 Å². The van der Waals surface area contributed by atoms with Gasteiger partial charge in [0.1, 0.15) is 6.54 Å². The molecular weight excluding hydrogens is 336 g/mol. The monoisotopic (exact) mass is 356 g/mol. The highest BCUT2D eigenvalue weighted by Crippen LogP contribution is 2.26. The first-order chi connectivity index (χ1) is 11.9. The van der Waals surface area contributed by atoms with E-state index in [0.717, 1.165) is 21.0 Å². The standard InChI is InChI=1S/C18H20N4O2S/c1-11(17-12(2)25-13(3)20-17)21(4)16(23)10-22-18(24)15-8-6-5-7-14(15)9-19-22/h5-9,11H,10H2,1-4H3. The van der Waals surface area contributed by atoms with Crippen LogP contribution in [0.2, 0.25) is 0 Å². The van der Waals surface area contributed by atoms with Crippen LogP contribution < -0.4 is 5.56 Å². The van der Waals surface area contributed by atoms with Gasteiger partial charge in [0.15, 0.2) is 0 Å². The van der Waals surface area contributed by atoms with Gasteiger partial charge in [0.05, 0.1) is 28.3 Å². The molecule has 25 heavy (non-hydrogen) atoms. The van der Waals surface area contributed by atoms with E-state index in [1.807, 2.05) is 32.9 Å². The lowest BCUT2D eigenvalue weighted by molar-refractivity contribution is -0.132. The molecule has 0 saturated heterocycles. The minimum atomic E-state index is -0.256. The van der Waals surface area contributed by atoms with E-state index < -0.39 is 0 Å². The van der Waals surface area contributed by atoms with Gasteiger partial charge in [0.25, 0.3) is 5.56 Å². The van der Waals surface area contributed by atoms with Crippen molar-refractivity contribution in [2.75, 3.05) is 7.05 Å². The van der Waals surface area contributed by atoms with Crippen LogP contribution in [0.5, 0.6) is 0 Å². The highest BCUT2D eigenvalue weighted by Gasteiger charge is 2.22. The van der Waals surface area contributed by atoms with E-state index in [1.54, 1.807) is 41.6 Å². The topological polar surface area (TPSA) is 68.1 Å². The largest absolute Gasteiger partial charge is 0.336 e. The normalized spacial score (nSPS) is 12.3. The van der Waals surface area contributed by atoms with E-state index >= 15 is 0 Å². The van der Waals surface area contributed by atoms with Gasteiger partial charge in [-0.2, -0.15) is 5.10 Å². The number of benzene rings is 1. The highest BCUT2D eigenvalue weighted by atomic mass is 32.1. The fourth-order valence-corrected chi connectivity index (χ4v) is 3.72. The van der Waals surface area contributed by atoms with Gasteiger partial charge in [-0.05, 0) is 26.8 Å². The summed E-state index contributed by atoms with van der Waals surface area (Å²) in [7, 11) is 1.73. The lowest BCUT2D eigenvalue weighted by Crippen LogP contribution is -2.36. The number of amides is 1. The van der Waals surface area contributed by atoms with Crippen LogP contribution >= 0.6 is 11.3 Å². The second-order valence-electron chi connectivity index (χ2n) is 6.05. The maximum atomic E-state index is 12.6. The molecule has 1 unspecified atom stereocenters. The number of nitrogens with zero attached hydrogens (tertiary/aromatic N) is 4. The van der Waals surface area contributed by atoms with Crippen molar-refractivity contribution >= 4 is 28.0 Å². The Labute approximate surface area is 149 Å². The Kier molecular flexibility index (Phi) is 4.67. The van der Waals surface area contributed by atoms with Crippen molar-refractivity contribution in [2.45, 2.75) is 33.4 Å². The molecule has 2 heterocycles. The number of carbonyl (C=O) groups excluding carboxylic acids is 1. The Bertz CT molecular complexity index is 992. The number of aryl methyl sites for hydroxylation is 2. The summed E-state index contributed by atoms with van der Waals surface area (Å²) >= 11 is 1.62. The van der Waals surface area contributed by atoms with Gasteiger partial charge in [-0.3, -0.25) is 9.59 Å². The molecule has 0 N–H and O–H groups in total. The molecule has 0 fully saturated rings. The van der Waals surface area contributed by atoms with Gasteiger partial charge in [-0.15, -0.1) is 11.3 Å². The molecule has 7 heteroatoms. The quantitative estimate of drug-likeness (QED) is 0.721. The number of likely N-dealkylation sites (N-methyl/N-ethyl adjacent to an activating group) is 1. The average molecular weight is 356 g/mol. The highest BCUT2D eigenvalue weighted by molar-refractivity contribution is 7.11. The number of hydrogen-bond acceptors (Lipinski definition) is 5. The van der Waals surface area contributed by atoms with Crippen LogP contribution in [-0.2, 0) is 11.3 Å². The van der Waals surface area contributed by atoms with Crippen LogP contribution in [0.1, 0.15) is 28.5 Å². The second kappa shape index (κ2) is 6.76. The first-order valence-electron chi connectivity index (χ1n) is 8.03. The molecule has 3 rings (SSSR count). The van der Waals surface area contributed by atoms with Gasteiger partial charge in [0.2, 0.25) is 5.91 Å². The van der Waals surface area contributed by atoms with E-state index in [0.29, 0.717) is 5.39 Å². The van der Waals surface area contributed by atoms with Gasteiger partial charge in [-0.1, -0.05) is 18.2 Å². The zero-order chi connectivity index (χ0) is 18.1. The molecule has 1 aromatic carbocycles. The SMILES string of the molecule is Cc1nc(C(C)N(C)C(=O)Cn2ncc3ccccc3c2=O)c(C)s1. The third kappa shape index (κ3) is 3.32. The van der Waals surface area contributed by atoms with Gasteiger partial charge >= 0.3 is 0 Å². The summed E-state index contributed by atoms with van der Waals surface area (Å²) in [6.07, 6.45) is 1.61.